The number of benzene rings is 2. The second-order valence-electron chi connectivity index (χ2n) is 8.47. The van der Waals surface area contributed by atoms with E-state index in [1.54, 1.807) is 25.6 Å². The Balaban J connectivity index is 1.38. The van der Waals surface area contributed by atoms with E-state index in [0.29, 0.717) is 21.7 Å². The number of fused-ring (bicyclic) bond motifs is 1. The maximum absolute atomic E-state index is 13.3. The van der Waals surface area contributed by atoms with Gasteiger partial charge in [-0.2, -0.15) is 0 Å². The van der Waals surface area contributed by atoms with Crippen LogP contribution >= 0.6 is 11.3 Å². The molecule has 34 heavy (non-hydrogen) atoms. The predicted octanol–water partition coefficient (Wildman–Crippen LogP) is 5.16. The van der Waals surface area contributed by atoms with Gasteiger partial charge in [0.25, 0.3) is 5.56 Å². The van der Waals surface area contributed by atoms with Crippen molar-refractivity contribution in [3.63, 3.8) is 0 Å². The third-order valence-corrected chi connectivity index (χ3v) is 7.38. The molecular weight excluding hydrogens is 451 g/mol. The fourth-order valence-electron chi connectivity index (χ4n) is 4.36. The lowest BCUT2D eigenvalue weighted by atomic mass is 10.1. The van der Waals surface area contributed by atoms with Crippen LogP contribution in [0.3, 0.4) is 0 Å². The standard InChI is InChI=1S/C26H27FN4O2S/c1-33-23-15-20(9-10-21(23)28-11-14-30-12-3-2-4-13-30)31-17-29-22-16-24(34-25(22)26(31)32)18-5-7-19(27)8-6-18/h5-10,15-17,28H,2-4,11-14H2,1H3. The highest BCUT2D eigenvalue weighted by molar-refractivity contribution is 7.22. The molecule has 0 amide bonds. The first-order valence-electron chi connectivity index (χ1n) is 11.5. The molecular formula is C26H27FN4O2S. The van der Waals surface area contributed by atoms with Crippen molar-refractivity contribution in [3.8, 4) is 21.9 Å². The lowest BCUT2D eigenvalue weighted by Gasteiger charge is -2.26. The van der Waals surface area contributed by atoms with Crippen LogP contribution in [0.15, 0.2) is 59.7 Å². The van der Waals surface area contributed by atoms with Crippen molar-refractivity contribution >= 4 is 27.2 Å². The summed E-state index contributed by atoms with van der Waals surface area (Å²) >= 11 is 1.36. The van der Waals surface area contributed by atoms with E-state index in [2.05, 4.69) is 15.2 Å². The van der Waals surface area contributed by atoms with Crippen LogP contribution in [0.4, 0.5) is 10.1 Å². The van der Waals surface area contributed by atoms with Crippen molar-refractivity contribution in [2.75, 3.05) is 38.6 Å². The maximum atomic E-state index is 13.3. The van der Waals surface area contributed by atoms with E-state index in [-0.39, 0.29) is 11.4 Å². The van der Waals surface area contributed by atoms with Gasteiger partial charge in [-0.25, -0.2) is 9.37 Å². The summed E-state index contributed by atoms with van der Waals surface area (Å²) in [5.74, 6) is 0.394. The number of likely N-dealkylation sites (tertiary alicyclic amines) is 1. The largest absolute Gasteiger partial charge is 0.495 e. The Kier molecular flexibility index (Phi) is 6.60. The normalized spacial score (nSPS) is 14.4. The van der Waals surface area contributed by atoms with Crippen LogP contribution in [0.2, 0.25) is 0 Å². The summed E-state index contributed by atoms with van der Waals surface area (Å²) in [5.41, 5.74) is 2.94. The first-order chi connectivity index (χ1) is 16.6. The fourth-order valence-corrected chi connectivity index (χ4v) is 5.41. The highest BCUT2D eigenvalue weighted by Gasteiger charge is 2.14. The molecule has 0 radical (unpaired) electrons. The molecule has 1 aliphatic heterocycles. The van der Waals surface area contributed by atoms with E-state index in [1.165, 1.54) is 60.4 Å². The van der Waals surface area contributed by atoms with Gasteiger partial charge in [-0.3, -0.25) is 9.36 Å². The molecule has 3 heterocycles. The molecule has 5 rings (SSSR count). The summed E-state index contributed by atoms with van der Waals surface area (Å²) in [5, 5.41) is 3.47. The average Bonchev–Trinajstić information content (AvgIpc) is 3.31. The number of methoxy groups -OCH3 is 1. The Morgan fingerprint density at radius 1 is 1.09 bits per heavy atom. The Morgan fingerprint density at radius 3 is 2.65 bits per heavy atom. The lowest BCUT2D eigenvalue weighted by molar-refractivity contribution is 0.237. The first-order valence-corrected chi connectivity index (χ1v) is 12.4. The van der Waals surface area contributed by atoms with Crippen LogP contribution in [0.1, 0.15) is 19.3 Å². The van der Waals surface area contributed by atoms with Crippen molar-refractivity contribution in [1.29, 1.82) is 0 Å². The number of piperidine rings is 1. The molecule has 2 aromatic carbocycles. The summed E-state index contributed by atoms with van der Waals surface area (Å²) in [6, 6.07) is 13.8. The smallest absolute Gasteiger partial charge is 0.275 e. The van der Waals surface area contributed by atoms with Gasteiger partial charge in [-0.15, -0.1) is 11.3 Å². The molecule has 176 valence electrons. The Bertz CT molecular complexity index is 1340. The number of thiophene rings is 1. The van der Waals surface area contributed by atoms with Crippen LogP contribution in [-0.2, 0) is 0 Å². The van der Waals surface area contributed by atoms with Crippen LogP contribution in [0, 0.1) is 5.82 Å². The van der Waals surface area contributed by atoms with Gasteiger partial charge in [0.2, 0.25) is 0 Å². The molecule has 6 nitrogen and oxygen atoms in total. The van der Waals surface area contributed by atoms with E-state index in [1.807, 2.05) is 24.3 Å². The molecule has 0 aliphatic carbocycles. The number of nitrogens with one attached hydrogen (secondary N) is 1. The number of anilines is 1. The number of nitrogens with zero attached hydrogens (tertiary/aromatic N) is 3. The molecule has 8 heteroatoms. The first kappa shape index (κ1) is 22.6. The molecule has 4 aromatic rings. The van der Waals surface area contributed by atoms with Crippen LogP contribution in [0.5, 0.6) is 5.75 Å². The highest BCUT2D eigenvalue weighted by atomic mass is 32.1. The second kappa shape index (κ2) is 9.95. The van der Waals surface area contributed by atoms with Gasteiger partial charge in [0.15, 0.2) is 0 Å². The van der Waals surface area contributed by atoms with Crippen molar-refractivity contribution in [2.24, 2.45) is 0 Å². The molecule has 1 aliphatic rings. The Morgan fingerprint density at radius 2 is 1.88 bits per heavy atom. The van der Waals surface area contributed by atoms with Crippen LogP contribution in [0.25, 0.3) is 26.3 Å². The Hall–Kier alpha value is -3.23. The van der Waals surface area contributed by atoms with Gasteiger partial charge in [0, 0.05) is 24.0 Å². The SMILES string of the molecule is COc1cc(-n2cnc3cc(-c4ccc(F)cc4)sc3c2=O)ccc1NCCN1CCCCC1. The van der Waals surface area contributed by atoms with Gasteiger partial charge in [0.1, 0.15) is 22.6 Å². The molecule has 0 spiro atoms. The number of halogens is 1. The third kappa shape index (κ3) is 4.69. The second-order valence-corrected chi connectivity index (χ2v) is 9.52. The van der Waals surface area contributed by atoms with Crippen molar-refractivity contribution in [1.82, 2.24) is 14.5 Å². The minimum atomic E-state index is -0.288. The van der Waals surface area contributed by atoms with E-state index >= 15 is 0 Å². The van der Waals surface area contributed by atoms with Crippen LogP contribution in [-0.4, -0.2) is 47.7 Å². The Labute approximate surface area is 201 Å². The monoisotopic (exact) mass is 478 g/mol. The van der Waals surface area contributed by atoms with E-state index in [0.717, 1.165) is 29.2 Å². The summed E-state index contributed by atoms with van der Waals surface area (Å²) in [6.45, 7) is 4.17. The number of rotatable bonds is 7. The molecule has 1 N–H and O–H groups in total. The van der Waals surface area contributed by atoms with E-state index < -0.39 is 0 Å². The lowest BCUT2D eigenvalue weighted by Crippen LogP contribution is -2.33. The number of hydrogen-bond donors (Lipinski definition) is 1. The van der Waals surface area contributed by atoms with Crippen molar-refractivity contribution < 1.29 is 9.13 Å². The molecule has 0 saturated carbocycles. The summed E-state index contributed by atoms with van der Waals surface area (Å²) in [7, 11) is 1.63. The average molecular weight is 479 g/mol. The molecule has 2 aromatic heterocycles. The minimum Gasteiger partial charge on any atom is -0.495 e. The summed E-state index contributed by atoms with van der Waals surface area (Å²) < 4.78 is 21.0. The highest BCUT2D eigenvalue weighted by Crippen LogP contribution is 2.32. The quantitative estimate of drug-likeness (QED) is 0.398. The molecule has 1 fully saturated rings. The molecule has 0 unspecified atom stereocenters. The molecule has 0 atom stereocenters. The van der Waals surface area contributed by atoms with E-state index in [9.17, 15) is 9.18 Å². The van der Waals surface area contributed by atoms with Crippen molar-refractivity contribution in [3.05, 3.63) is 71.0 Å². The fraction of sp³-hybridized carbons (Fsp3) is 0.308. The molecule has 0 bridgehead atoms. The maximum Gasteiger partial charge on any atom is 0.275 e. The number of aromatic nitrogens is 2. The summed E-state index contributed by atoms with van der Waals surface area (Å²) in [6.07, 6.45) is 5.43. The zero-order valence-electron chi connectivity index (χ0n) is 19.1. The summed E-state index contributed by atoms with van der Waals surface area (Å²) in [4.78, 5) is 21.1. The minimum absolute atomic E-state index is 0.142. The van der Waals surface area contributed by atoms with Gasteiger partial charge >= 0.3 is 0 Å². The van der Waals surface area contributed by atoms with Gasteiger partial charge in [-0.1, -0.05) is 18.6 Å². The van der Waals surface area contributed by atoms with Crippen LogP contribution < -0.4 is 15.6 Å². The van der Waals surface area contributed by atoms with Gasteiger partial charge in [0.05, 0.1) is 24.0 Å². The van der Waals surface area contributed by atoms with Crippen molar-refractivity contribution in [2.45, 2.75) is 19.3 Å². The predicted molar refractivity (Wildman–Crippen MR) is 136 cm³/mol. The topological polar surface area (TPSA) is 59.4 Å². The zero-order valence-corrected chi connectivity index (χ0v) is 19.9. The molecule has 1 saturated heterocycles. The number of ether oxygens (including phenoxy) is 1. The third-order valence-electron chi connectivity index (χ3n) is 6.22. The van der Waals surface area contributed by atoms with Gasteiger partial charge in [-0.05, 0) is 61.8 Å². The number of hydrogen-bond acceptors (Lipinski definition) is 6. The van der Waals surface area contributed by atoms with Gasteiger partial charge < -0.3 is 15.0 Å². The zero-order chi connectivity index (χ0) is 23.5. The van der Waals surface area contributed by atoms with E-state index in [4.69, 9.17) is 4.74 Å².